The lowest BCUT2D eigenvalue weighted by molar-refractivity contribution is 0.0807. The number of ether oxygens (including phenoxy) is 3. The highest BCUT2D eigenvalue weighted by atomic mass is 35.5. The summed E-state index contributed by atoms with van der Waals surface area (Å²) in [5.41, 5.74) is 6.26. The molecular formula is C12H18ClNO3. The van der Waals surface area contributed by atoms with E-state index in [-0.39, 0.29) is 0 Å². The van der Waals surface area contributed by atoms with Crippen molar-refractivity contribution in [3.63, 3.8) is 0 Å². The number of nitrogen functional groups attached to an aromatic ring is 1. The standard InChI is InChI=1S/C12H18ClNO3/c1-15-5-2-6-16-7-8-17-12-9-10(14)3-4-11(12)13/h3-4,9H,2,5-8,14H2,1H3. The molecule has 0 radical (unpaired) electrons. The molecule has 0 aliphatic carbocycles. The van der Waals surface area contributed by atoms with Crippen molar-refractivity contribution in [3.8, 4) is 5.75 Å². The lowest BCUT2D eigenvalue weighted by atomic mass is 10.3. The van der Waals surface area contributed by atoms with E-state index in [1.54, 1.807) is 25.3 Å². The number of hydrogen-bond acceptors (Lipinski definition) is 4. The van der Waals surface area contributed by atoms with Gasteiger partial charge >= 0.3 is 0 Å². The van der Waals surface area contributed by atoms with E-state index in [4.69, 9.17) is 31.5 Å². The third kappa shape index (κ3) is 5.77. The first-order chi connectivity index (χ1) is 8.24. The van der Waals surface area contributed by atoms with E-state index in [0.29, 0.717) is 42.9 Å². The molecule has 0 saturated carbocycles. The van der Waals surface area contributed by atoms with Crippen LogP contribution in [0.2, 0.25) is 5.02 Å². The van der Waals surface area contributed by atoms with E-state index in [9.17, 15) is 0 Å². The zero-order valence-electron chi connectivity index (χ0n) is 9.95. The molecule has 0 atom stereocenters. The van der Waals surface area contributed by atoms with Crippen LogP contribution in [0, 0.1) is 0 Å². The monoisotopic (exact) mass is 259 g/mol. The summed E-state index contributed by atoms with van der Waals surface area (Å²) >= 11 is 5.94. The minimum atomic E-state index is 0.455. The molecule has 0 saturated heterocycles. The average Bonchev–Trinajstić information content (AvgIpc) is 2.32. The molecular weight excluding hydrogens is 242 g/mol. The lowest BCUT2D eigenvalue weighted by Crippen LogP contribution is -2.08. The van der Waals surface area contributed by atoms with E-state index < -0.39 is 0 Å². The van der Waals surface area contributed by atoms with Crippen molar-refractivity contribution in [1.82, 2.24) is 0 Å². The molecule has 1 aromatic carbocycles. The Morgan fingerprint density at radius 3 is 2.76 bits per heavy atom. The normalized spacial score (nSPS) is 10.5. The van der Waals surface area contributed by atoms with Crippen molar-refractivity contribution in [1.29, 1.82) is 0 Å². The van der Waals surface area contributed by atoms with Gasteiger partial charge in [0.15, 0.2) is 0 Å². The van der Waals surface area contributed by atoms with Crippen LogP contribution in [0.3, 0.4) is 0 Å². The van der Waals surface area contributed by atoms with Crippen molar-refractivity contribution < 1.29 is 14.2 Å². The van der Waals surface area contributed by atoms with Crippen LogP contribution in [0.5, 0.6) is 5.75 Å². The maximum atomic E-state index is 5.94. The number of rotatable bonds is 8. The van der Waals surface area contributed by atoms with Crippen molar-refractivity contribution in [3.05, 3.63) is 23.2 Å². The van der Waals surface area contributed by atoms with Gasteiger partial charge in [0, 0.05) is 32.1 Å². The molecule has 1 rings (SSSR count). The van der Waals surface area contributed by atoms with Crippen LogP contribution in [-0.4, -0.2) is 33.5 Å². The second kappa shape index (κ2) is 8.17. The smallest absolute Gasteiger partial charge is 0.140 e. The van der Waals surface area contributed by atoms with E-state index in [1.807, 2.05) is 0 Å². The Hall–Kier alpha value is -0.970. The van der Waals surface area contributed by atoms with Crippen LogP contribution in [0.15, 0.2) is 18.2 Å². The summed E-state index contributed by atoms with van der Waals surface area (Å²) in [7, 11) is 1.67. The molecule has 0 amide bonds. The number of benzene rings is 1. The van der Waals surface area contributed by atoms with Gasteiger partial charge in [-0.05, 0) is 18.6 Å². The molecule has 0 fully saturated rings. The second-order valence-electron chi connectivity index (χ2n) is 3.50. The summed E-state index contributed by atoms with van der Waals surface area (Å²) in [5.74, 6) is 0.590. The van der Waals surface area contributed by atoms with Gasteiger partial charge in [-0.15, -0.1) is 0 Å². The first-order valence-electron chi connectivity index (χ1n) is 5.48. The molecule has 0 bridgehead atoms. The van der Waals surface area contributed by atoms with Gasteiger partial charge in [-0.25, -0.2) is 0 Å². The molecule has 0 unspecified atom stereocenters. The highest BCUT2D eigenvalue weighted by Gasteiger charge is 2.01. The zero-order chi connectivity index (χ0) is 12.5. The van der Waals surface area contributed by atoms with Crippen LogP contribution >= 0.6 is 11.6 Å². The fourth-order valence-corrected chi connectivity index (χ4v) is 1.42. The highest BCUT2D eigenvalue weighted by Crippen LogP contribution is 2.26. The van der Waals surface area contributed by atoms with Gasteiger partial charge in [-0.3, -0.25) is 0 Å². The van der Waals surface area contributed by atoms with Crippen LogP contribution in [-0.2, 0) is 9.47 Å². The van der Waals surface area contributed by atoms with Crippen LogP contribution < -0.4 is 10.5 Å². The van der Waals surface area contributed by atoms with Gasteiger partial charge < -0.3 is 19.9 Å². The van der Waals surface area contributed by atoms with E-state index >= 15 is 0 Å². The van der Waals surface area contributed by atoms with Gasteiger partial charge in [0.1, 0.15) is 12.4 Å². The summed E-state index contributed by atoms with van der Waals surface area (Å²) < 4.78 is 15.7. The minimum absolute atomic E-state index is 0.455. The third-order valence-electron chi connectivity index (χ3n) is 2.08. The fraction of sp³-hybridized carbons (Fsp3) is 0.500. The molecule has 96 valence electrons. The first kappa shape index (κ1) is 14.1. The Bertz CT molecular complexity index is 334. The average molecular weight is 260 g/mol. The van der Waals surface area contributed by atoms with Crippen LogP contribution in [0.25, 0.3) is 0 Å². The largest absolute Gasteiger partial charge is 0.490 e. The van der Waals surface area contributed by atoms with Crippen molar-refractivity contribution in [2.75, 3.05) is 39.3 Å². The third-order valence-corrected chi connectivity index (χ3v) is 2.39. The Morgan fingerprint density at radius 2 is 2.00 bits per heavy atom. The Labute approximate surface area is 107 Å². The van der Waals surface area contributed by atoms with E-state index in [0.717, 1.165) is 6.42 Å². The zero-order valence-corrected chi connectivity index (χ0v) is 10.7. The van der Waals surface area contributed by atoms with Gasteiger partial charge in [-0.1, -0.05) is 11.6 Å². The number of anilines is 1. The molecule has 0 aromatic heterocycles. The lowest BCUT2D eigenvalue weighted by Gasteiger charge is -2.09. The number of hydrogen-bond donors (Lipinski definition) is 1. The molecule has 1 aromatic rings. The SMILES string of the molecule is COCCCOCCOc1cc(N)ccc1Cl. The predicted molar refractivity (Wildman–Crippen MR) is 68.7 cm³/mol. The number of methoxy groups -OCH3 is 1. The molecule has 0 heterocycles. The maximum absolute atomic E-state index is 5.94. The van der Waals surface area contributed by atoms with E-state index in [1.165, 1.54) is 0 Å². The van der Waals surface area contributed by atoms with Crippen molar-refractivity contribution in [2.24, 2.45) is 0 Å². The first-order valence-corrected chi connectivity index (χ1v) is 5.86. The quantitative estimate of drug-likeness (QED) is 0.575. The summed E-state index contributed by atoms with van der Waals surface area (Å²) in [6.07, 6.45) is 0.884. The summed E-state index contributed by atoms with van der Waals surface area (Å²) in [6, 6.07) is 5.15. The Morgan fingerprint density at radius 1 is 1.18 bits per heavy atom. The fourth-order valence-electron chi connectivity index (χ4n) is 1.25. The van der Waals surface area contributed by atoms with Crippen LogP contribution in [0.4, 0.5) is 5.69 Å². The Balaban J connectivity index is 2.15. The topological polar surface area (TPSA) is 53.7 Å². The molecule has 2 N–H and O–H groups in total. The van der Waals surface area contributed by atoms with Gasteiger partial charge in [0.05, 0.1) is 11.6 Å². The van der Waals surface area contributed by atoms with Gasteiger partial charge in [0.2, 0.25) is 0 Å². The van der Waals surface area contributed by atoms with E-state index in [2.05, 4.69) is 0 Å². The highest BCUT2D eigenvalue weighted by molar-refractivity contribution is 6.32. The number of nitrogens with two attached hydrogens (primary N) is 1. The summed E-state index contributed by atoms with van der Waals surface area (Å²) in [5, 5.41) is 0.554. The van der Waals surface area contributed by atoms with Crippen molar-refractivity contribution >= 4 is 17.3 Å². The molecule has 0 aliphatic heterocycles. The van der Waals surface area contributed by atoms with Crippen molar-refractivity contribution in [2.45, 2.75) is 6.42 Å². The molecule has 0 aliphatic rings. The molecule has 4 nitrogen and oxygen atoms in total. The predicted octanol–water partition coefficient (Wildman–Crippen LogP) is 2.35. The van der Waals surface area contributed by atoms with Crippen LogP contribution in [0.1, 0.15) is 6.42 Å². The minimum Gasteiger partial charge on any atom is -0.490 e. The molecule has 17 heavy (non-hydrogen) atoms. The molecule has 0 spiro atoms. The Kier molecular flexibility index (Phi) is 6.77. The van der Waals surface area contributed by atoms with Gasteiger partial charge in [-0.2, -0.15) is 0 Å². The second-order valence-corrected chi connectivity index (χ2v) is 3.90. The van der Waals surface area contributed by atoms with Gasteiger partial charge in [0.25, 0.3) is 0 Å². The number of halogens is 1. The summed E-state index contributed by atoms with van der Waals surface area (Å²) in [6.45, 7) is 2.36. The molecule has 5 heteroatoms. The maximum Gasteiger partial charge on any atom is 0.140 e. The summed E-state index contributed by atoms with van der Waals surface area (Å²) in [4.78, 5) is 0.